The number of carbonyl (C=O) groups excluding carboxylic acids is 1. The van der Waals surface area contributed by atoms with Crippen LogP contribution in [-0.4, -0.2) is 48.9 Å². The van der Waals surface area contributed by atoms with E-state index in [2.05, 4.69) is 18.7 Å². The second-order valence-corrected chi connectivity index (χ2v) is 5.06. The molecule has 0 spiro atoms. The second kappa shape index (κ2) is 6.24. The summed E-state index contributed by atoms with van der Waals surface area (Å²) in [6, 6.07) is 0.0678. The number of carbonyl (C=O) groups is 1. The van der Waals surface area contributed by atoms with Crippen molar-refractivity contribution < 1.29 is 4.79 Å². The van der Waals surface area contributed by atoms with Gasteiger partial charge in [-0.3, -0.25) is 9.69 Å². The Hall–Kier alpha value is -0.570. The Morgan fingerprint density at radius 3 is 2.25 bits per heavy atom. The van der Waals surface area contributed by atoms with E-state index >= 15 is 0 Å². The lowest BCUT2D eigenvalue weighted by Gasteiger charge is -2.35. The van der Waals surface area contributed by atoms with E-state index in [0.29, 0.717) is 5.91 Å². The molecule has 94 valence electrons. The molecule has 0 saturated carbocycles. The van der Waals surface area contributed by atoms with Crippen LogP contribution in [-0.2, 0) is 4.79 Å². The molecule has 16 heavy (non-hydrogen) atoms. The van der Waals surface area contributed by atoms with Gasteiger partial charge >= 0.3 is 0 Å². The highest BCUT2D eigenvalue weighted by molar-refractivity contribution is 5.81. The van der Waals surface area contributed by atoms with Crippen molar-refractivity contribution in [2.45, 2.75) is 45.6 Å². The first-order valence-corrected chi connectivity index (χ1v) is 6.55. The zero-order valence-electron chi connectivity index (χ0n) is 11.2. The van der Waals surface area contributed by atoms with Crippen LogP contribution in [0.15, 0.2) is 0 Å². The lowest BCUT2D eigenvalue weighted by Crippen LogP contribution is -2.48. The van der Waals surface area contributed by atoms with Crippen molar-refractivity contribution in [3.05, 3.63) is 0 Å². The van der Waals surface area contributed by atoms with Crippen LogP contribution in [0, 0.1) is 5.92 Å². The first-order chi connectivity index (χ1) is 7.60. The number of nitrogens with zero attached hydrogens (tertiary/aromatic N) is 2. The molecule has 1 aliphatic heterocycles. The van der Waals surface area contributed by atoms with Crippen LogP contribution in [0.1, 0.15) is 39.5 Å². The summed E-state index contributed by atoms with van der Waals surface area (Å²) in [7, 11) is 3.98. The number of hydrogen-bond acceptors (Lipinski definition) is 2. The van der Waals surface area contributed by atoms with Crippen LogP contribution >= 0.6 is 0 Å². The summed E-state index contributed by atoms with van der Waals surface area (Å²) in [6.07, 6.45) is 4.53. The standard InChI is InChI=1S/C13H26N2O/c1-5-11-7-9-15(10-8-11)13(16)12(6-2)14(3)4/h11-12H,5-10H2,1-4H3/t12-/m0/s1. The summed E-state index contributed by atoms with van der Waals surface area (Å²) in [4.78, 5) is 16.3. The molecule has 0 unspecified atom stereocenters. The van der Waals surface area contributed by atoms with E-state index in [0.717, 1.165) is 25.4 Å². The van der Waals surface area contributed by atoms with Crippen LogP contribution in [0.5, 0.6) is 0 Å². The van der Waals surface area contributed by atoms with Gasteiger partial charge in [-0.25, -0.2) is 0 Å². The molecule has 0 aromatic heterocycles. The lowest BCUT2D eigenvalue weighted by molar-refractivity contribution is -0.137. The van der Waals surface area contributed by atoms with Crippen LogP contribution in [0.25, 0.3) is 0 Å². The fourth-order valence-electron chi connectivity index (χ4n) is 2.53. The first-order valence-electron chi connectivity index (χ1n) is 6.55. The van der Waals surface area contributed by atoms with E-state index in [1.165, 1.54) is 19.3 Å². The molecule has 0 bridgehead atoms. The highest BCUT2D eigenvalue weighted by Crippen LogP contribution is 2.21. The van der Waals surface area contributed by atoms with E-state index in [1.807, 2.05) is 19.0 Å². The van der Waals surface area contributed by atoms with Crippen molar-refractivity contribution >= 4 is 5.91 Å². The lowest BCUT2D eigenvalue weighted by atomic mass is 9.94. The van der Waals surface area contributed by atoms with Gasteiger partial charge < -0.3 is 4.90 Å². The molecular weight excluding hydrogens is 200 g/mol. The Morgan fingerprint density at radius 1 is 1.31 bits per heavy atom. The van der Waals surface area contributed by atoms with Crippen molar-refractivity contribution in [3.63, 3.8) is 0 Å². The molecule has 1 atom stereocenters. The van der Waals surface area contributed by atoms with Crippen LogP contribution in [0.2, 0.25) is 0 Å². The maximum Gasteiger partial charge on any atom is 0.239 e. The van der Waals surface area contributed by atoms with E-state index in [9.17, 15) is 4.79 Å². The smallest absolute Gasteiger partial charge is 0.239 e. The third kappa shape index (κ3) is 3.21. The summed E-state index contributed by atoms with van der Waals surface area (Å²) >= 11 is 0. The van der Waals surface area contributed by atoms with Crippen LogP contribution in [0.3, 0.4) is 0 Å². The zero-order chi connectivity index (χ0) is 12.1. The molecule has 0 aromatic carbocycles. The van der Waals surface area contributed by atoms with Gasteiger partial charge in [-0.15, -0.1) is 0 Å². The van der Waals surface area contributed by atoms with Crippen molar-refractivity contribution in [1.29, 1.82) is 0 Å². The number of hydrogen-bond donors (Lipinski definition) is 0. The Kier molecular flexibility index (Phi) is 5.26. The van der Waals surface area contributed by atoms with Gasteiger partial charge in [-0.2, -0.15) is 0 Å². The van der Waals surface area contributed by atoms with E-state index in [-0.39, 0.29) is 6.04 Å². The minimum absolute atomic E-state index is 0.0678. The molecule has 1 heterocycles. The van der Waals surface area contributed by atoms with Crippen molar-refractivity contribution in [1.82, 2.24) is 9.80 Å². The van der Waals surface area contributed by atoms with Crippen LogP contribution < -0.4 is 0 Å². The highest BCUT2D eigenvalue weighted by atomic mass is 16.2. The Morgan fingerprint density at radius 2 is 1.88 bits per heavy atom. The molecule has 0 N–H and O–H groups in total. The van der Waals surface area contributed by atoms with Crippen molar-refractivity contribution in [3.8, 4) is 0 Å². The zero-order valence-corrected chi connectivity index (χ0v) is 11.2. The van der Waals surface area contributed by atoms with Gasteiger partial charge in [0.2, 0.25) is 5.91 Å². The third-order valence-corrected chi connectivity index (χ3v) is 3.80. The average molecular weight is 226 g/mol. The fourth-order valence-corrected chi connectivity index (χ4v) is 2.53. The minimum atomic E-state index is 0.0678. The van der Waals surface area contributed by atoms with E-state index in [1.54, 1.807) is 0 Å². The maximum atomic E-state index is 12.3. The molecule has 1 fully saturated rings. The summed E-state index contributed by atoms with van der Waals surface area (Å²) < 4.78 is 0. The predicted octanol–water partition coefficient (Wildman–Crippen LogP) is 1.98. The van der Waals surface area contributed by atoms with Gasteiger partial charge in [-0.1, -0.05) is 20.3 Å². The van der Waals surface area contributed by atoms with Gasteiger partial charge in [0.25, 0.3) is 0 Å². The SMILES string of the molecule is CCC1CCN(C(=O)[C@H](CC)N(C)C)CC1. The second-order valence-electron chi connectivity index (χ2n) is 5.06. The Bertz CT molecular complexity index is 220. The van der Waals surface area contributed by atoms with Gasteiger partial charge in [0.1, 0.15) is 0 Å². The topological polar surface area (TPSA) is 23.6 Å². The number of rotatable bonds is 4. The molecule has 3 heteroatoms. The van der Waals surface area contributed by atoms with Crippen molar-refractivity contribution in [2.75, 3.05) is 27.2 Å². The molecule has 0 radical (unpaired) electrons. The van der Waals surface area contributed by atoms with E-state index < -0.39 is 0 Å². The molecule has 1 amide bonds. The monoisotopic (exact) mass is 226 g/mol. The minimum Gasteiger partial charge on any atom is -0.341 e. The molecule has 3 nitrogen and oxygen atoms in total. The summed E-state index contributed by atoms with van der Waals surface area (Å²) in [5.41, 5.74) is 0. The van der Waals surface area contributed by atoms with E-state index in [4.69, 9.17) is 0 Å². The summed E-state index contributed by atoms with van der Waals surface area (Å²) in [5, 5.41) is 0. The molecule has 1 rings (SSSR count). The van der Waals surface area contributed by atoms with Gasteiger partial charge in [0.15, 0.2) is 0 Å². The average Bonchev–Trinajstić information content (AvgIpc) is 2.29. The normalized spacial score (nSPS) is 20.2. The Balaban J connectivity index is 2.49. The molecule has 1 aliphatic rings. The first kappa shape index (κ1) is 13.5. The number of piperidine rings is 1. The molecule has 0 aliphatic carbocycles. The largest absolute Gasteiger partial charge is 0.341 e. The van der Waals surface area contributed by atoms with Gasteiger partial charge in [0.05, 0.1) is 6.04 Å². The third-order valence-electron chi connectivity index (χ3n) is 3.80. The summed E-state index contributed by atoms with van der Waals surface area (Å²) in [5.74, 6) is 1.16. The molecular formula is C13H26N2O. The number of likely N-dealkylation sites (tertiary alicyclic amines) is 1. The maximum absolute atomic E-state index is 12.3. The number of likely N-dealkylation sites (N-methyl/N-ethyl adjacent to an activating group) is 1. The highest BCUT2D eigenvalue weighted by Gasteiger charge is 2.27. The van der Waals surface area contributed by atoms with Gasteiger partial charge in [-0.05, 0) is 39.3 Å². The predicted molar refractivity (Wildman–Crippen MR) is 67.4 cm³/mol. The number of amides is 1. The quantitative estimate of drug-likeness (QED) is 0.732. The fraction of sp³-hybridized carbons (Fsp3) is 0.923. The Labute approximate surface area is 99.8 Å². The molecule has 0 aromatic rings. The van der Waals surface area contributed by atoms with Gasteiger partial charge in [0, 0.05) is 13.1 Å². The van der Waals surface area contributed by atoms with Crippen molar-refractivity contribution in [2.24, 2.45) is 5.92 Å². The summed E-state index contributed by atoms with van der Waals surface area (Å²) in [6.45, 7) is 6.25. The van der Waals surface area contributed by atoms with Crippen LogP contribution in [0.4, 0.5) is 0 Å². The molecule has 1 saturated heterocycles.